The fraction of sp³-hybridized carbons (Fsp3) is 0.846. The smallest absolute Gasteiger partial charge is 0.326 e. The number of rotatable bonds is 2. The van der Waals surface area contributed by atoms with Gasteiger partial charge in [0.25, 0.3) is 5.91 Å². The van der Waals surface area contributed by atoms with Crippen molar-refractivity contribution in [1.29, 1.82) is 0 Å². The molecular weight excluding hydrogens is 234 g/mol. The van der Waals surface area contributed by atoms with Gasteiger partial charge in [0.2, 0.25) is 0 Å². The second-order valence-electron chi connectivity index (χ2n) is 5.49. The zero-order valence-corrected chi connectivity index (χ0v) is 11.0. The SMILES string of the molecule is CC1CCOC1C(=O)N1CCCC(C)C1C(=O)O. The molecule has 4 unspecified atom stereocenters. The van der Waals surface area contributed by atoms with Gasteiger partial charge in [0, 0.05) is 13.2 Å². The Hall–Kier alpha value is -1.10. The van der Waals surface area contributed by atoms with Crippen molar-refractivity contribution in [2.75, 3.05) is 13.2 Å². The van der Waals surface area contributed by atoms with Crippen LogP contribution in [0, 0.1) is 11.8 Å². The van der Waals surface area contributed by atoms with Crippen LogP contribution in [0.1, 0.15) is 33.1 Å². The first kappa shape index (κ1) is 13.3. The number of carbonyl (C=O) groups is 2. The lowest BCUT2D eigenvalue weighted by atomic mass is 9.89. The summed E-state index contributed by atoms with van der Waals surface area (Å²) in [5.41, 5.74) is 0. The Bertz CT molecular complexity index is 344. The zero-order valence-electron chi connectivity index (χ0n) is 11.0. The molecule has 2 fully saturated rings. The number of carboxylic acid groups (broad SMARTS) is 1. The minimum Gasteiger partial charge on any atom is -0.480 e. The molecule has 0 radical (unpaired) electrons. The number of carbonyl (C=O) groups excluding carboxylic acids is 1. The largest absolute Gasteiger partial charge is 0.480 e. The number of likely N-dealkylation sites (tertiary alicyclic amines) is 1. The van der Waals surface area contributed by atoms with Gasteiger partial charge in [-0.25, -0.2) is 4.79 Å². The first-order valence-electron chi connectivity index (χ1n) is 6.67. The Balaban J connectivity index is 2.14. The van der Waals surface area contributed by atoms with Gasteiger partial charge in [-0.2, -0.15) is 0 Å². The lowest BCUT2D eigenvalue weighted by Crippen LogP contribution is -2.55. The number of aliphatic carboxylic acids is 1. The molecule has 0 aromatic heterocycles. The molecule has 5 heteroatoms. The van der Waals surface area contributed by atoms with Crippen LogP contribution in [0.3, 0.4) is 0 Å². The van der Waals surface area contributed by atoms with Crippen molar-refractivity contribution in [1.82, 2.24) is 4.90 Å². The molecule has 2 aliphatic rings. The van der Waals surface area contributed by atoms with Crippen LogP contribution in [-0.4, -0.2) is 47.2 Å². The zero-order chi connectivity index (χ0) is 13.3. The third-order valence-corrected chi connectivity index (χ3v) is 4.10. The van der Waals surface area contributed by atoms with E-state index in [9.17, 15) is 14.7 Å². The van der Waals surface area contributed by atoms with Gasteiger partial charge in [0.1, 0.15) is 12.1 Å². The van der Waals surface area contributed by atoms with Crippen molar-refractivity contribution in [3.8, 4) is 0 Å². The van der Waals surface area contributed by atoms with E-state index in [-0.39, 0.29) is 17.7 Å². The molecule has 2 rings (SSSR count). The van der Waals surface area contributed by atoms with E-state index in [0.29, 0.717) is 13.2 Å². The molecular formula is C13H21NO4. The van der Waals surface area contributed by atoms with Crippen LogP contribution in [0.5, 0.6) is 0 Å². The van der Waals surface area contributed by atoms with E-state index in [1.807, 2.05) is 13.8 Å². The van der Waals surface area contributed by atoms with Crippen LogP contribution in [0.15, 0.2) is 0 Å². The number of carboxylic acids is 1. The minimum atomic E-state index is -0.902. The van der Waals surface area contributed by atoms with E-state index in [2.05, 4.69) is 0 Å². The summed E-state index contributed by atoms with van der Waals surface area (Å²) < 4.78 is 5.46. The standard InChI is InChI=1S/C13H21NO4/c1-8-4-3-6-14(10(8)13(16)17)12(15)11-9(2)5-7-18-11/h8-11H,3-7H2,1-2H3,(H,16,17). The van der Waals surface area contributed by atoms with Gasteiger partial charge < -0.3 is 14.7 Å². The lowest BCUT2D eigenvalue weighted by molar-refractivity contribution is -0.160. The topological polar surface area (TPSA) is 66.8 Å². The van der Waals surface area contributed by atoms with Gasteiger partial charge in [-0.1, -0.05) is 13.8 Å². The molecule has 2 aliphatic heterocycles. The average Bonchev–Trinajstić information content (AvgIpc) is 2.73. The maximum atomic E-state index is 12.4. The first-order valence-corrected chi connectivity index (χ1v) is 6.67. The summed E-state index contributed by atoms with van der Waals surface area (Å²) in [6.45, 7) is 5.02. The fourth-order valence-electron chi connectivity index (χ4n) is 2.99. The molecule has 18 heavy (non-hydrogen) atoms. The van der Waals surface area contributed by atoms with Crippen molar-refractivity contribution < 1.29 is 19.4 Å². The Morgan fingerprint density at radius 2 is 1.94 bits per heavy atom. The van der Waals surface area contributed by atoms with Gasteiger partial charge in [-0.15, -0.1) is 0 Å². The average molecular weight is 255 g/mol. The van der Waals surface area contributed by atoms with Crippen LogP contribution >= 0.6 is 0 Å². The molecule has 0 saturated carbocycles. The fourth-order valence-corrected chi connectivity index (χ4v) is 2.99. The number of piperidine rings is 1. The molecule has 2 heterocycles. The first-order chi connectivity index (χ1) is 8.52. The highest BCUT2D eigenvalue weighted by Crippen LogP contribution is 2.28. The van der Waals surface area contributed by atoms with Crippen molar-refractivity contribution in [3.05, 3.63) is 0 Å². The maximum absolute atomic E-state index is 12.4. The molecule has 0 aromatic carbocycles. The predicted octanol–water partition coefficient (Wildman–Crippen LogP) is 1.12. The summed E-state index contributed by atoms with van der Waals surface area (Å²) in [4.78, 5) is 25.3. The molecule has 0 bridgehead atoms. The Labute approximate surface area is 107 Å². The van der Waals surface area contributed by atoms with Crippen LogP contribution in [0.25, 0.3) is 0 Å². The Kier molecular flexibility index (Phi) is 3.90. The molecule has 4 atom stereocenters. The van der Waals surface area contributed by atoms with E-state index >= 15 is 0 Å². The highest BCUT2D eigenvalue weighted by Gasteiger charge is 2.42. The summed E-state index contributed by atoms with van der Waals surface area (Å²) in [5, 5.41) is 9.30. The highest BCUT2D eigenvalue weighted by atomic mass is 16.5. The third kappa shape index (κ3) is 2.36. The van der Waals surface area contributed by atoms with Gasteiger partial charge in [0.15, 0.2) is 0 Å². The van der Waals surface area contributed by atoms with Gasteiger partial charge in [0.05, 0.1) is 0 Å². The quantitative estimate of drug-likeness (QED) is 0.803. The second kappa shape index (κ2) is 5.26. The second-order valence-corrected chi connectivity index (χ2v) is 5.49. The van der Waals surface area contributed by atoms with Crippen LogP contribution < -0.4 is 0 Å². The summed E-state index contributed by atoms with van der Waals surface area (Å²) in [7, 11) is 0. The van der Waals surface area contributed by atoms with Gasteiger partial charge >= 0.3 is 5.97 Å². The third-order valence-electron chi connectivity index (χ3n) is 4.10. The molecule has 5 nitrogen and oxygen atoms in total. The molecule has 0 aromatic rings. The number of amides is 1. The van der Waals surface area contributed by atoms with Gasteiger partial charge in [-0.3, -0.25) is 4.79 Å². The van der Waals surface area contributed by atoms with Crippen LogP contribution in [0.4, 0.5) is 0 Å². The minimum absolute atomic E-state index is 0.0110. The van der Waals surface area contributed by atoms with Gasteiger partial charge in [-0.05, 0) is 31.1 Å². The molecule has 1 amide bonds. The van der Waals surface area contributed by atoms with E-state index in [4.69, 9.17) is 4.74 Å². The Morgan fingerprint density at radius 3 is 2.50 bits per heavy atom. The van der Waals surface area contributed by atoms with Crippen LogP contribution in [-0.2, 0) is 14.3 Å². The van der Waals surface area contributed by atoms with Crippen molar-refractivity contribution in [2.24, 2.45) is 11.8 Å². The molecule has 1 N–H and O–H groups in total. The summed E-state index contributed by atoms with van der Waals surface area (Å²) in [5.74, 6) is -0.846. The van der Waals surface area contributed by atoms with Crippen molar-refractivity contribution >= 4 is 11.9 Å². The molecule has 2 saturated heterocycles. The number of ether oxygens (including phenoxy) is 1. The Morgan fingerprint density at radius 1 is 1.22 bits per heavy atom. The van der Waals surface area contributed by atoms with E-state index in [0.717, 1.165) is 19.3 Å². The predicted molar refractivity (Wildman–Crippen MR) is 65.1 cm³/mol. The van der Waals surface area contributed by atoms with E-state index < -0.39 is 18.1 Å². The number of nitrogens with zero attached hydrogens (tertiary/aromatic N) is 1. The summed E-state index contributed by atoms with van der Waals surface area (Å²) >= 11 is 0. The highest BCUT2D eigenvalue weighted by molar-refractivity contribution is 5.87. The van der Waals surface area contributed by atoms with Crippen LogP contribution in [0.2, 0.25) is 0 Å². The maximum Gasteiger partial charge on any atom is 0.326 e. The van der Waals surface area contributed by atoms with E-state index in [1.165, 1.54) is 4.90 Å². The lowest BCUT2D eigenvalue weighted by Gasteiger charge is -2.38. The summed E-state index contributed by atoms with van der Waals surface area (Å²) in [6.07, 6.45) is 2.16. The number of hydrogen-bond acceptors (Lipinski definition) is 3. The number of hydrogen-bond donors (Lipinski definition) is 1. The molecule has 102 valence electrons. The van der Waals surface area contributed by atoms with Crippen molar-refractivity contribution in [3.63, 3.8) is 0 Å². The molecule has 0 aliphatic carbocycles. The summed E-state index contributed by atoms with van der Waals surface area (Å²) in [6, 6.07) is -0.692. The molecule has 0 spiro atoms. The van der Waals surface area contributed by atoms with E-state index in [1.54, 1.807) is 0 Å². The van der Waals surface area contributed by atoms with Crippen molar-refractivity contribution in [2.45, 2.75) is 45.3 Å². The monoisotopic (exact) mass is 255 g/mol. The normalized spacial score (nSPS) is 36.7.